The molecule has 0 aliphatic rings. The number of nitrogens with one attached hydrogen (secondary N) is 2. The number of anilines is 1. The van der Waals surface area contributed by atoms with Crippen molar-refractivity contribution in [1.29, 1.82) is 0 Å². The Balaban J connectivity index is 1.90. The number of rotatable bonds is 5. The van der Waals surface area contributed by atoms with Crippen LogP contribution in [0.3, 0.4) is 0 Å². The Kier molecular flexibility index (Phi) is 4.45. The van der Waals surface area contributed by atoms with E-state index in [-0.39, 0.29) is 11.9 Å². The van der Waals surface area contributed by atoms with E-state index in [2.05, 4.69) is 16.7 Å². The van der Waals surface area contributed by atoms with Gasteiger partial charge >= 0.3 is 0 Å². The summed E-state index contributed by atoms with van der Waals surface area (Å²) in [6.07, 6.45) is 1.60. The molecule has 1 unspecified atom stereocenters. The second-order valence-electron chi connectivity index (χ2n) is 5.04. The number of carbonyl (C=O) groups excluding carboxylic acids is 1. The van der Waals surface area contributed by atoms with Crippen LogP contribution in [0.4, 0.5) is 5.69 Å². The Morgan fingerprint density at radius 3 is 2.55 bits per heavy atom. The van der Waals surface area contributed by atoms with E-state index < -0.39 is 0 Å². The van der Waals surface area contributed by atoms with Gasteiger partial charge in [-0.2, -0.15) is 0 Å². The second-order valence-corrected chi connectivity index (χ2v) is 5.04. The monoisotopic (exact) mass is 272 g/mol. The van der Waals surface area contributed by atoms with Crippen LogP contribution in [0.15, 0.2) is 41.0 Å². The lowest BCUT2D eigenvalue weighted by molar-refractivity contribution is -0.121. The molecule has 1 atom stereocenters. The second kappa shape index (κ2) is 6.28. The van der Waals surface area contributed by atoms with Gasteiger partial charge in [-0.15, -0.1) is 0 Å². The number of hydrogen-bond acceptors (Lipinski definition) is 3. The van der Waals surface area contributed by atoms with E-state index >= 15 is 0 Å². The van der Waals surface area contributed by atoms with Crippen LogP contribution in [-0.4, -0.2) is 11.9 Å². The first kappa shape index (κ1) is 14.2. The van der Waals surface area contributed by atoms with Crippen LogP contribution in [0.25, 0.3) is 0 Å². The van der Waals surface area contributed by atoms with Crippen LogP contribution >= 0.6 is 0 Å². The molecule has 1 heterocycles. The van der Waals surface area contributed by atoms with Gasteiger partial charge in [-0.05, 0) is 56.2 Å². The summed E-state index contributed by atoms with van der Waals surface area (Å²) in [6, 6.07) is 9.51. The van der Waals surface area contributed by atoms with Gasteiger partial charge < -0.3 is 15.1 Å². The van der Waals surface area contributed by atoms with Crippen molar-refractivity contribution >= 4 is 11.6 Å². The van der Waals surface area contributed by atoms with Crippen LogP contribution in [0.1, 0.15) is 23.8 Å². The highest BCUT2D eigenvalue weighted by molar-refractivity contribution is 5.84. The number of amides is 1. The maximum absolute atomic E-state index is 12.0. The zero-order chi connectivity index (χ0) is 14.5. The molecular formula is C16H20N2O2. The highest BCUT2D eigenvalue weighted by Crippen LogP contribution is 2.14. The minimum atomic E-state index is -0.300. The lowest BCUT2D eigenvalue weighted by atomic mass is 10.1. The van der Waals surface area contributed by atoms with Crippen molar-refractivity contribution in [2.75, 3.05) is 5.32 Å². The quantitative estimate of drug-likeness (QED) is 0.879. The number of benzene rings is 1. The van der Waals surface area contributed by atoms with E-state index in [0.29, 0.717) is 6.54 Å². The molecule has 1 aromatic heterocycles. The predicted octanol–water partition coefficient (Wildman–Crippen LogP) is 3.01. The summed E-state index contributed by atoms with van der Waals surface area (Å²) in [4.78, 5) is 12.0. The van der Waals surface area contributed by atoms with Gasteiger partial charge in [0.25, 0.3) is 0 Å². The van der Waals surface area contributed by atoms with Crippen molar-refractivity contribution in [3.8, 4) is 0 Å². The highest BCUT2D eigenvalue weighted by atomic mass is 16.3. The Labute approximate surface area is 119 Å². The third-order valence-corrected chi connectivity index (χ3v) is 3.02. The fraction of sp³-hybridized carbons (Fsp3) is 0.312. The first-order valence-corrected chi connectivity index (χ1v) is 6.69. The van der Waals surface area contributed by atoms with Crippen molar-refractivity contribution in [2.24, 2.45) is 0 Å². The SMILES string of the molecule is Cc1cc(C)cc(NC(C)C(=O)NCc2ccco2)c1. The first-order valence-electron chi connectivity index (χ1n) is 6.69. The molecule has 4 nitrogen and oxygen atoms in total. The fourth-order valence-electron chi connectivity index (χ4n) is 2.11. The Bertz CT molecular complexity index is 556. The van der Waals surface area contributed by atoms with Gasteiger partial charge in [0.2, 0.25) is 5.91 Å². The predicted molar refractivity (Wildman–Crippen MR) is 79.6 cm³/mol. The van der Waals surface area contributed by atoms with E-state index in [1.165, 1.54) is 11.1 Å². The molecule has 0 aliphatic heterocycles. The van der Waals surface area contributed by atoms with Crippen LogP contribution in [-0.2, 0) is 11.3 Å². The third kappa shape index (κ3) is 3.88. The molecule has 0 saturated carbocycles. The maximum Gasteiger partial charge on any atom is 0.242 e. The molecule has 106 valence electrons. The first-order chi connectivity index (χ1) is 9.54. The van der Waals surface area contributed by atoms with E-state index in [9.17, 15) is 4.79 Å². The van der Waals surface area contributed by atoms with Gasteiger partial charge in [-0.3, -0.25) is 4.79 Å². The molecule has 0 fully saturated rings. The fourth-order valence-corrected chi connectivity index (χ4v) is 2.11. The lowest BCUT2D eigenvalue weighted by Gasteiger charge is -2.15. The molecule has 0 spiro atoms. The molecule has 2 N–H and O–H groups in total. The standard InChI is InChI=1S/C16H20N2O2/c1-11-7-12(2)9-14(8-11)18-13(3)16(19)17-10-15-5-4-6-20-15/h4-9,13,18H,10H2,1-3H3,(H,17,19). The molecular weight excluding hydrogens is 252 g/mol. The van der Waals surface area contributed by atoms with Crippen molar-refractivity contribution in [2.45, 2.75) is 33.4 Å². The molecule has 1 amide bonds. The van der Waals surface area contributed by atoms with Gasteiger partial charge in [0.1, 0.15) is 11.8 Å². The molecule has 0 aliphatic carbocycles. The van der Waals surface area contributed by atoms with Crippen molar-refractivity contribution in [3.05, 3.63) is 53.5 Å². The number of aryl methyl sites for hydroxylation is 2. The Morgan fingerprint density at radius 1 is 1.25 bits per heavy atom. The highest BCUT2D eigenvalue weighted by Gasteiger charge is 2.12. The molecule has 20 heavy (non-hydrogen) atoms. The molecule has 0 saturated heterocycles. The summed E-state index contributed by atoms with van der Waals surface area (Å²) >= 11 is 0. The number of carbonyl (C=O) groups is 1. The topological polar surface area (TPSA) is 54.3 Å². The molecule has 0 bridgehead atoms. The normalized spacial score (nSPS) is 11.9. The number of hydrogen-bond donors (Lipinski definition) is 2. The molecule has 1 aromatic carbocycles. The Morgan fingerprint density at radius 2 is 1.95 bits per heavy atom. The van der Waals surface area contributed by atoms with Crippen molar-refractivity contribution < 1.29 is 9.21 Å². The summed E-state index contributed by atoms with van der Waals surface area (Å²) in [5.41, 5.74) is 3.31. The van der Waals surface area contributed by atoms with Gasteiger partial charge in [0.05, 0.1) is 12.8 Å². The maximum atomic E-state index is 12.0. The molecule has 0 radical (unpaired) electrons. The smallest absolute Gasteiger partial charge is 0.242 e. The summed E-state index contributed by atoms with van der Waals surface area (Å²) in [6.45, 7) is 6.33. The number of furan rings is 1. The van der Waals surface area contributed by atoms with Gasteiger partial charge in [-0.25, -0.2) is 0 Å². The van der Waals surface area contributed by atoms with Gasteiger partial charge in [0.15, 0.2) is 0 Å². The lowest BCUT2D eigenvalue weighted by Crippen LogP contribution is -2.37. The van der Waals surface area contributed by atoms with Crippen LogP contribution in [0.5, 0.6) is 0 Å². The van der Waals surface area contributed by atoms with Gasteiger partial charge in [-0.1, -0.05) is 6.07 Å². The van der Waals surface area contributed by atoms with Crippen LogP contribution in [0.2, 0.25) is 0 Å². The summed E-state index contributed by atoms with van der Waals surface area (Å²) in [7, 11) is 0. The van der Waals surface area contributed by atoms with Crippen LogP contribution < -0.4 is 10.6 Å². The summed E-state index contributed by atoms with van der Waals surface area (Å²) in [5, 5.41) is 6.05. The minimum absolute atomic E-state index is 0.0550. The van der Waals surface area contributed by atoms with Crippen molar-refractivity contribution in [1.82, 2.24) is 5.32 Å². The largest absolute Gasteiger partial charge is 0.467 e. The molecule has 4 heteroatoms. The average Bonchev–Trinajstić information content (AvgIpc) is 2.87. The Hall–Kier alpha value is -2.23. The van der Waals surface area contributed by atoms with E-state index in [1.54, 1.807) is 12.3 Å². The van der Waals surface area contributed by atoms with E-state index in [0.717, 1.165) is 11.4 Å². The van der Waals surface area contributed by atoms with E-state index in [4.69, 9.17) is 4.42 Å². The zero-order valence-electron chi connectivity index (χ0n) is 12.1. The molecule has 2 rings (SSSR count). The van der Waals surface area contributed by atoms with Crippen LogP contribution in [0, 0.1) is 13.8 Å². The summed E-state index contributed by atoms with van der Waals surface area (Å²) < 4.78 is 5.18. The average molecular weight is 272 g/mol. The minimum Gasteiger partial charge on any atom is -0.467 e. The summed E-state index contributed by atoms with van der Waals surface area (Å²) in [5.74, 6) is 0.692. The molecule has 2 aromatic rings. The van der Waals surface area contributed by atoms with Gasteiger partial charge in [0, 0.05) is 5.69 Å². The van der Waals surface area contributed by atoms with Crippen molar-refractivity contribution in [3.63, 3.8) is 0 Å². The third-order valence-electron chi connectivity index (χ3n) is 3.02. The van der Waals surface area contributed by atoms with E-state index in [1.807, 2.05) is 39.0 Å². The zero-order valence-corrected chi connectivity index (χ0v) is 12.1.